The molecule has 5 nitrogen and oxygen atoms in total. The third-order valence-electron chi connectivity index (χ3n) is 3.78. The van der Waals surface area contributed by atoms with Crippen LogP contribution in [0.2, 0.25) is 0 Å². The highest BCUT2D eigenvalue weighted by atomic mass is 16.5. The molecule has 0 bridgehead atoms. The van der Waals surface area contributed by atoms with Crippen LogP contribution >= 0.6 is 0 Å². The third kappa shape index (κ3) is 3.42. The molecule has 0 spiro atoms. The average Bonchev–Trinajstić information content (AvgIpc) is 3.23. The molecule has 1 aliphatic carbocycles. The molecule has 0 amide bonds. The second-order valence-electron chi connectivity index (χ2n) is 5.22. The van der Waals surface area contributed by atoms with Gasteiger partial charge in [-0.3, -0.25) is 9.69 Å². The number of phenols is 1. The Labute approximate surface area is 118 Å². The zero-order chi connectivity index (χ0) is 14.7. The number of hydrogen-bond donors (Lipinski definition) is 2. The SMILES string of the molecule is COc1cc(C(C)N(CCC(=O)O)C2CC2)ccc1O. The molecule has 1 aromatic rings. The summed E-state index contributed by atoms with van der Waals surface area (Å²) in [6.07, 6.45) is 2.40. The first kappa shape index (κ1) is 14.7. The molecule has 1 atom stereocenters. The van der Waals surface area contributed by atoms with E-state index in [1.165, 1.54) is 7.11 Å². The van der Waals surface area contributed by atoms with Gasteiger partial charge in [0.2, 0.25) is 0 Å². The standard InChI is InChI=1S/C15H21NO4/c1-10(11-3-6-13(17)14(9-11)20-2)16(12-4-5-12)8-7-15(18)19/h3,6,9-10,12,17H,4-5,7-8H2,1-2H3,(H,18,19). The van der Waals surface area contributed by atoms with Crippen molar-refractivity contribution in [2.24, 2.45) is 0 Å². The van der Waals surface area contributed by atoms with E-state index in [-0.39, 0.29) is 18.2 Å². The minimum Gasteiger partial charge on any atom is -0.504 e. The maximum Gasteiger partial charge on any atom is 0.304 e. The highest BCUT2D eigenvalue weighted by Crippen LogP contribution is 2.36. The molecule has 1 aliphatic rings. The van der Waals surface area contributed by atoms with Gasteiger partial charge >= 0.3 is 5.97 Å². The van der Waals surface area contributed by atoms with E-state index >= 15 is 0 Å². The Morgan fingerprint density at radius 2 is 2.20 bits per heavy atom. The molecular weight excluding hydrogens is 258 g/mol. The monoisotopic (exact) mass is 279 g/mol. The van der Waals surface area contributed by atoms with Crippen molar-refractivity contribution < 1.29 is 19.7 Å². The largest absolute Gasteiger partial charge is 0.504 e. The van der Waals surface area contributed by atoms with Crippen molar-refractivity contribution in [2.75, 3.05) is 13.7 Å². The summed E-state index contributed by atoms with van der Waals surface area (Å²) in [4.78, 5) is 13.0. The van der Waals surface area contributed by atoms with E-state index in [0.717, 1.165) is 18.4 Å². The van der Waals surface area contributed by atoms with Crippen molar-refractivity contribution in [3.8, 4) is 11.5 Å². The molecule has 20 heavy (non-hydrogen) atoms. The second-order valence-corrected chi connectivity index (χ2v) is 5.22. The summed E-state index contributed by atoms with van der Waals surface area (Å²) >= 11 is 0. The topological polar surface area (TPSA) is 70.0 Å². The number of aromatic hydroxyl groups is 1. The highest BCUT2D eigenvalue weighted by molar-refractivity contribution is 5.66. The molecule has 0 heterocycles. The molecule has 5 heteroatoms. The molecule has 2 N–H and O–H groups in total. The number of benzene rings is 1. The molecule has 110 valence electrons. The van der Waals surface area contributed by atoms with Crippen molar-refractivity contribution in [1.82, 2.24) is 4.90 Å². The summed E-state index contributed by atoms with van der Waals surface area (Å²) in [6, 6.07) is 5.88. The molecule has 1 unspecified atom stereocenters. The lowest BCUT2D eigenvalue weighted by atomic mass is 10.1. The number of methoxy groups -OCH3 is 1. The van der Waals surface area contributed by atoms with Crippen LogP contribution in [0.15, 0.2) is 18.2 Å². The van der Waals surface area contributed by atoms with Crippen molar-refractivity contribution >= 4 is 5.97 Å². The fourth-order valence-corrected chi connectivity index (χ4v) is 2.47. The van der Waals surface area contributed by atoms with Gasteiger partial charge < -0.3 is 14.9 Å². The molecule has 0 saturated heterocycles. The van der Waals surface area contributed by atoms with E-state index in [4.69, 9.17) is 9.84 Å². The fourth-order valence-electron chi connectivity index (χ4n) is 2.47. The number of carbonyl (C=O) groups is 1. The second kappa shape index (κ2) is 6.13. The van der Waals surface area contributed by atoms with Crippen molar-refractivity contribution in [3.05, 3.63) is 23.8 Å². The van der Waals surface area contributed by atoms with Crippen LogP contribution in [0.1, 0.15) is 37.8 Å². The Morgan fingerprint density at radius 1 is 1.50 bits per heavy atom. The van der Waals surface area contributed by atoms with Crippen LogP contribution in [0.25, 0.3) is 0 Å². The van der Waals surface area contributed by atoms with Gasteiger partial charge in [-0.05, 0) is 37.5 Å². The minimum absolute atomic E-state index is 0.108. The molecule has 0 aliphatic heterocycles. The van der Waals surface area contributed by atoms with E-state index in [0.29, 0.717) is 18.3 Å². The zero-order valence-electron chi connectivity index (χ0n) is 11.9. The maximum absolute atomic E-state index is 10.8. The fraction of sp³-hybridized carbons (Fsp3) is 0.533. The van der Waals surface area contributed by atoms with Gasteiger partial charge in [0, 0.05) is 18.6 Å². The number of hydrogen-bond acceptors (Lipinski definition) is 4. The van der Waals surface area contributed by atoms with Crippen LogP contribution in [0.4, 0.5) is 0 Å². The van der Waals surface area contributed by atoms with E-state index in [2.05, 4.69) is 11.8 Å². The number of ether oxygens (including phenoxy) is 1. The molecular formula is C15H21NO4. The Bertz CT molecular complexity index is 485. The van der Waals surface area contributed by atoms with Gasteiger partial charge in [0.1, 0.15) is 0 Å². The van der Waals surface area contributed by atoms with E-state index in [9.17, 15) is 9.90 Å². The molecule has 1 saturated carbocycles. The summed E-state index contributed by atoms with van der Waals surface area (Å²) in [5, 5.41) is 18.5. The third-order valence-corrected chi connectivity index (χ3v) is 3.78. The number of rotatable bonds is 7. The maximum atomic E-state index is 10.8. The van der Waals surface area contributed by atoms with Crippen LogP contribution in [-0.4, -0.2) is 40.8 Å². The Kier molecular flexibility index (Phi) is 4.49. The summed E-state index contributed by atoms with van der Waals surface area (Å²) in [5.41, 5.74) is 1.02. The predicted molar refractivity (Wildman–Crippen MR) is 75.1 cm³/mol. The summed E-state index contributed by atoms with van der Waals surface area (Å²) in [7, 11) is 1.52. The van der Waals surface area contributed by atoms with E-state index in [1.807, 2.05) is 12.1 Å². The number of carboxylic acids is 1. The van der Waals surface area contributed by atoms with Crippen LogP contribution < -0.4 is 4.74 Å². The van der Waals surface area contributed by atoms with Gasteiger partial charge in [0.25, 0.3) is 0 Å². The molecule has 1 aromatic carbocycles. The van der Waals surface area contributed by atoms with Crippen LogP contribution in [-0.2, 0) is 4.79 Å². The molecule has 0 aromatic heterocycles. The van der Waals surface area contributed by atoms with Gasteiger partial charge in [-0.15, -0.1) is 0 Å². The lowest BCUT2D eigenvalue weighted by molar-refractivity contribution is -0.137. The van der Waals surface area contributed by atoms with Crippen molar-refractivity contribution in [3.63, 3.8) is 0 Å². The summed E-state index contributed by atoms with van der Waals surface area (Å²) in [5.74, 6) is -0.207. The first-order valence-electron chi connectivity index (χ1n) is 6.87. The Hall–Kier alpha value is -1.75. The van der Waals surface area contributed by atoms with Gasteiger partial charge in [0.15, 0.2) is 11.5 Å². The zero-order valence-corrected chi connectivity index (χ0v) is 11.9. The lowest BCUT2D eigenvalue weighted by Crippen LogP contribution is -2.31. The van der Waals surface area contributed by atoms with Crippen LogP contribution in [0, 0.1) is 0 Å². The number of nitrogens with zero attached hydrogens (tertiary/aromatic N) is 1. The summed E-state index contributed by atoms with van der Waals surface area (Å²) < 4.78 is 5.13. The smallest absolute Gasteiger partial charge is 0.304 e. The van der Waals surface area contributed by atoms with Crippen LogP contribution in [0.5, 0.6) is 11.5 Å². The number of phenolic OH excluding ortho intramolecular Hbond substituents is 1. The molecule has 0 radical (unpaired) electrons. The molecule has 2 rings (SSSR count). The Balaban J connectivity index is 2.14. The first-order chi connectivity index (χ1) is 9.52. The average molecular weight is 279 g/mol. The van der Waals surface area contributed by atoms with Gasteiger partial charge in [-0.2, -0.15) is 0 Å². The van der Waals surface area contributed by atoms with Crippen molar-refractivity contribution in [1.29, 1.82) is 0 Å². The Morgan fingerprint density at radius 3 is 2.75 bits per heavy atom. The quantitative estimate of drug-likeness (QED) is 0.802. The predicted octanol–water partition coefficient (Wildman–Crippen LogP) is 2.40. The number of carboxylic acid groups (broad SMARTS) is 1. The summed E-state index contributed by atoms with van der Waals surface area (Å²) in [6.45, 7) is 2.61. The normalized spacial score (nSPS) is 16.1. The van der Waals surface area contributed by atoms with Gasteiger partial charge in [-0.1, -0.05) is 6.07 Å². The number of aliphatic carboxylic acids is 1. The minimum atomic E-state index is -0.772. The first-order valence-corrected chi connectivity index (χ1v) is 6.87. The molecule has 1 fully saturated rings. The van der Waals surface area contributed by atoms with E-state index in [1.54, 1.807) is 6.07 Å². The van der Waals surface area contributed by atoms with Gasteiger partial charge in [-0.25, -0.2) is 0 Å². The highest BCUT2D eigenvalue weighted by Gasteiger charge is 2.33. The van der Waals surface area contributed by atoms with Crippen molar-refractivity contribution in [2.45, 2.75) is 38.3 Å². The van der Waals surface area contributed by atoms with Gasteiger partial charge in [0.05, 0.1) is 13.5 Å². The lowest BCUT2D eigenvalue weighted by Gasteiger charge is -2.29. The van der Waals surface area contributed by atoms with E-state index < -0.39 is 5.97 Å². The van der Waals surface area contributed by atoms with Crippen LogP contribution in [0.3, 0.4) is 0 Å².